The van der Waals surface area contributed by atoms with Crippen LogP contribution in [-0.2, 0) is 9.59 Å². The fourth-order valence-corrected chi connectivity index (χ4v) is 5.98. The average molecular weight is 546 g/mol. The number of carboxylic acid groups (broad SMARTS) is 1. The molecule has 0 bridgehead atoms. The second kappa shape index (κ2) is 11.1. The predicted octanol–water partition coefficient (Wildman–Crippen LogP) is 6.17. The van der Waals surface area contributed by atoms with Crippen molar-refractivity contribution >= 4 is 46.4 Å². The van der Waals surface area contributed by atoms with Crippen LogP contribution in [0.25, 0.3) is 0 Å². The van der Waals surface area contributed by atoms with E-state index in [-0.39, 0.29) is 29.8 Å². The van der Waals surface area contributed by atoms with Crippen LogP contribution >= 0.6 is 11.6 Å². The van der Waals surface area contributed by atoms with Crippen molar-refractivity contribution in [1.29, 1.82) is 0 Å². The van der Waals surface area contributed by atoms with Gasteiger partial charge in [0.15, 0.2) is 0 Å². The number of nitrogens with zero attached hydrogens (tertiary/aromatic N) is 3. The summed E-state index contributed by atoms with van der Waals surface area (Å²) in [5.41, 5.74) is 4.06. The van der Waals surface area contributed by atoms with Crippen LogP contribution in [0, 0.1) is 5.92 Å². The Morgan fingerprint density at radius 2 is 1.56 bits per heavy atom. The molecule has 0 radical (unpaired) electrons. The van der Waals surface area contributed by atoms with Gasteiger partial charge in [-0.25, -0.2) is 0 Å². The Labute approximate surface area is 233 Å². The van der Waals surface area contributed by atoms with Gasteiger partial charge < -0.3 is 19.8 Å². The van der Waals surface area contributed by atoms with E-state index in [0.717, 1.165) is 22.6 Å². The molecule has 1 fully saturated rings. The third kappa shape index (κ3) is 5.36. The van der Waals surface area contributed by atoms with Gasteiger partial charge in [0.1, 0.15) is 0 Å². The summed E-state index contributed by atoms with van der Waals surface area (Å²) in [5, 5.41) is 9.87. The minimum Gasteiger partial charge on any atom is -0.481 e. The normalized spacial score (nSPS) is 19.4. The van der Waals surface area contributed by atoms with Gasteiger partial charge in [-0.15, -0.1) is 0 Å². The monoisotopic (exact) mass is 545 g/mol. The van der Waals surface area contributed by atoms with Gasteiger partial charge in [-0.05, 0) is 86.3 Å². The Morgan fingerprint density at radius 3 is 2.18 bits per heavy atom. The van der Waals surface area contributed by atoms with Crippen molar-refractivity contribution in [1.82, 2.24) is 0 Å². The van der Waals surface area contributed by atoms with Crippen LogP contribution < -0.4 is 14.7 Å². The SMILES string of the molecule is CC(=O)N(c1ccc(Cl)cc1)C1CC(C)N(C(=O)c2ccc(N3CCC(C(=O)O)CC3)cc2)c2ccccc21. The number of fused-ring (bicyclic) bond motifs is 1. The molecule has 3 aromatic carbocycles. The van der Waals surface area contributed by atoms with Crippen molar-refractivity contribution in [2.24, 2.45) is 5.92 Å². The molecule has 3 aromatic rings. The topological polar surface area (TPSA) is 81.2 Å². The summed E-state index contributed by atoms with van der Waals surface area (Å²) in [6.45, 7) is 4.94. The van der Waals surface area contributed by atoms with E-state index in [9.17, 15) is 19.5 Å². The van der Waals surface area contributed by atoms with Gasteiger partial charge in [0.2, 0.25) is 5.91 Å². The highest BCUT2D eigenvalue weighted by Crippen LogP contribution is 2.43. The van der Waals surface area contributed by atoms with Crippen molar-refractivity contribution < 1.29 is 19.5 Å². The minimum absolute atomic E-state index is 0.0768. The average Bonchev–Trinajstić information content (AvgIpc) is 2.94. The lowest BCUT2D eigenvalue weighted by molar-refractivity contribution is -0.142. The maximum Gasteiger partial charge on any atom is 0.306 e. The molecule has 2 amide bonds. The van der Waals surface area contributed by atoms with E-state index in [1.807, 2.05) is 72.5 Å². The van der Waals surface area contributed by atoms with Crippen molar-refractivity contribution in [3.8, 4) is 0 Å². The van der Waals surface area contributed by atoms with Crippen LogP contribution in [0.1, 0.15) is 55.1 Å². The molecule has 0 saturated carbocycles. The zero-order valence-corrected chi connectivity index (χ0v) is 22.8. The highest BCUT2D eigenvalue weighted by atomic mass is 35.5. The maximum atomic E-state index is 13.8. The van der Waals surface area contributed by atoms with Crippen LogP contribution in [0.5, 0.6) is 0 Å². The Morgan fingerprint density at radius 1 is 0.923 bits per heavy atom. The number of carboxylic acids is 1. The highest BCUT2D eigenvalue weighted by Gasteiger charge is 2.38. The van der Waals surface area contributed by atoms with Gasteiger partial charge in [0.05, 0.1) is 12.0 Å². The number of carbonyl (C=O) groups excluding carboxylic acids is 2. The Bertz CT molecular complexity index is 1370. The third-order valence-electron chi connectivity index (χ3n) is 7.86. The van der Waals surface area contributed by atoms with Crippen molar-refractivity contribution in [2.75, 3.05) is 27.8 Å². The molecule has 8 heteroatoms. The van der Waals surface area contributed by atoms with E-state index in [0.29, 0.717) is 42.9 Å². The lowest BCUT2D eigenvalue weighted by atomic mass is 9.89. The number of hydrogen-bond acceptors (Lipinski definition) is 4. The molecule has 0 spiro atoms. The fourth-order valence-electron chi connectivity index (χ4n) is 5.86. The van der Waals surface area contributed by atoms with Gasteiger partial charge in [0.25, 0.3) is 5.91 Å². The quantitative estimate of drug-likeness (QED) is 0.414. The second-order valence-corrected chi connectivity index (χ2v) is 10.8. The van der Waals surface area contributed by atoms with Crippen LogP contribution in [-0.4, -0.2) is 42.0 Å². The van der Waals surface area contributed by atoms with E-state index >= 15 is 0 Å². The van der Waals surface area contributed by atoms with Gasteiger partial charge in [-0.1, -0.05) is 29.8 Å². The Hall–Kier alpha value is -3.84. The maximum absolute atomic E-state index is 13.8. The number of piperidine rings is 1. The predicted molar refractivity (Wildman–Crippen MR) is 154 cm³/mol. The van der Waals surface area contributed by atoms with E-state index < -0.39 is 5.97 Å². The highest BCUT2D eigenvalue weighted by molar-refractivity contribution is 6.30. The molecule has 202 valence electrons. The molecule has 2 aliphatic heterocycles. The van der Waals surface area contributed by atoms with Crippen LogP contribution in [0.4, 0.5) is 17.1 Å². The molecule has 39 heavy (non-hydrogen) atoms. The molecule has 0 aromatic heterocycles. The van der Waals surface area contributed by atoms with E-state index in [2.05, 4.69) is 4.90 Å². The molecule has 1 saturated heterocycles. The van der Waals surface area contributed by atoms with E-state index in [4.69, 9.17) is 11.6 Å². The number of anilines is 3. The van der Waals surface area contributed by atoms with E-state index in [1.54, 1.807) is 24.0 Å². The standard InChI is InChI=1S/C31H32ClN3O4/c1-20-19-29(35(21(2)36)26-13-9-24(32)10-14-26)27-5-3-4-6-28(27)34(20)30(37)22-7-11-25(12-8-22)33-17-15-23(16-18-33)31(38)39/h3-14,20,23,29H,15-19H2,1-2H3,(H,38,39). The second-order valence-electron chi connectivity index (χ2n) is 10.3. The first kappa shape index (κ1) is 26.8. The van der Waals surface area contributed by atoms with Crippen molar-refractivity contribution in [3.63, 3.8) is 0 Å². The summed E-state index contributed by atoms with van der Waals surface area (Å²) < 4.78 is 0. The number of amides is 2. The summed E-state index contributed by atoms with van der Waals surface area (Å²) in [6.07, 6.45) is 1.82. The summed E-state index contributed by atoms with van der Waals surface area (Å²) >= 11 is 6.10. The number of hydrogen-bond donors (Lipinski definition) is 1. The molecule has 7 nitrogen and oxygen atoms in total. The molecule has 2 aliphatic rings. The summed E-state index contributed by atoms with van der Waals surface area (Å²) in [7, 11) is 0. The zero-order chi connectivity index (χ0) is 27.7. The molecular formula is C31H32ClN3O4. The van der Waals surface area contributed by atoms with Gasteiger partial charge in [-0.3, -0.25) is 14.4 Å². The van der Waals surface area contributed by atoms with Gasteiger partial charge in [0, 0.05) is 53.7 Å². The number of para-hydroxylation sites is 1. The summed E-state index contributed by atoms with van der Waals surface area (Å²) in [5.74, 6) is -1.18. The lowest BCUT2D eigenvalue weighted by Crippen LogP contribution is -2.47. The Kier molecular flexibility index (Phi) is 7.62. The van der Waals surface area contributed by atoms with Crippen LogP contribution in [0.15, 0.2) is 72.8 Å². The van der Waals surface area contributed by atoms with Crippen LogP contribution in [0.2, 0.25) is 5.02 Å². The molecule has 2 heterocycles. The fraction of sp³-hybridized carbons (Fsp3) is 0.323. The van der Waals surface area contributed by atoms with Gasteiger partial charge in [-0.2, -0.15) is 0 Å². The first-order valence-corrected chi connectivity index (χ1v) is 13.7. The molecule has 0 aliphatic carbocycles. The zero-order valence-electron chi connectivity index (χ0n) is 22.1. The number of halogens is 1. The first-order valence-electron chi connectivity index (χ1n) is 13.3. The van der Waals surface area contributed by atoms with Crippen LogP contribution in [0.3, 0.4) is 0 Å². The smallest absolute Gasteiger partial charge is 0.306 e. The van der Waals surface area contributed by atoms with Gasteiger partial charge >= 0.3 is 5.97 Å². The number of benzene rings is 3. The molecule has 1 N–H and O–H groups in total. The third-order valence-corrected chi connectivity index (χ3v) is 8.11. The lowest BCUT2D eigenvalue weighted by Gasteiger charge is -2.43. The number of aliphatic carboxylic acids is 1. The number of carbonyl (C=O) groups is 3. The molecular weight excluding hydrogens is 514 g/mol. The van der Waals surface area contributed by atoms with E-state index in [1.165, 1.54) is 0 Å². The summed E-state index contributed by atoms with van der Waals surface area (Å²) in [4.78, 5) is 43.8. The molecule has 2 unspecified atom stereocenters. The molecule has 5 rings (SSSR count). The number of rotatable bonds is 5. The first-order chi connectivity index (χ1) is 18.7. The molecule has 2 atom stereocenters. The van der Waals surface area contributed by atoms with Crippen molar-refractivity contribution in [3.05, 3.63) is 88.9 Å². The summed E-state index contributed by atoms with van der Waals surface area (Å²) in [6, 6.07) is 22.2. The van der Waals surface area contributed by atoms with Crippen molar-refractivity contribution in [2.45, 2.75) is 45.2 Å². The Balaban J connectivity index is 1.40. The minimum atomic E-state index is -0.728. The largest absolute Gasteiger partial charge is 0.481 e.